The number of amides is 1. The Morgan fingerprint density at radius 2 is 2.00 bits per heavy atom. The molecule has 1 atom stereocenters. The lowest BCUT2D eigenvalue weighted by Gasteiger charge is -2.04. The fourth-order valence-electron chi connectivity index (χ4n) is 0.763. The Balaban J connectivity index is 2.59. The van der Waals surface area contributed by atoms with Crippen molar-refractivity contribution >= 4 is 11.6 Å². The van der Waals surface area contributed by atoms with E-state index in [0.717, 1.165) is 0 Å². The van der Waals surface area contributed by atoms with Gasteiger partial charge in [-0.3, -0.25) is 4.79 Å². The first-order valence-corrected chi connectivity index (χ1v) is 3.70. The molecule has 1 N–H and O–H groups in total. The molecule has 0 radical (unpaired) electrons. The van der Waals surface area contributed by atoms with E-state index in [1.165, 1.54) is 6.92 Å². The van der Waals surface area contributed by atoms with Crippen LogP contribution in [0.15, 0.2) is 30.3 Å². The Morgan fingerprint density at radius 1 is 1.42 bits per heavy atom. The second kappa shape index (κ2) is 3.85. The van der Waals surface area contributed by atoms with Gasteiger partial charge in [-0.25, -0.2) is 4.39 Å². The van der Waals surface area contributed by atoms with Crippen LogP contribution in [0.3, 0.4) is 0 Å². The molecule has 2 nitrogen and oxygen atoms in total. The Morgan fingerprint density at radius 3 is 2.50 bits per heavy atom. The van der Waals surface area contributed by atoms with Crippen LogP contribution in [0.1, 0.15) is 6.92 Å². The number of benzene rings is 1. The Bertz CT molecular complexity index is 258. The lowest BCUT2D eigenvalue weighted by atomic mass is 10.3. The number of para-hydroxylation sites is 1. The molecule has 0 saturated carbocycles. The number of alkyl halides is 1. The molecule has 1 aromatic rings. The third kappa shape index (κ3) is 2.34. The van der Waals surface area contributed by atoms with Crippen LogP contribution in [-0.4, -0.2) is 12.1 Å². The van der Waals surface area contributed by atoms with Gasteiger partial charge in [0.2, 0.25) is 0 Å². The van der Waals surface area contributed by atoms with E-state index in [9.17, 15) is 9.18 Å². The summed E-state index contributed by atoms with van der Waals surface area (Å²) in [6.45, 7) is 1.21. The zero-order valence-corrected chi connectivity index (χ0v) is 6.75. The summed E-state index contributed by atoms with van der Waals surface area (Å²) < 4.78 is 12.4. The monoisotopic (exact) mass is 167 g/mol. The molecule has 1 rings (SSSR count). The van der Waals surface area contributed by atoms with Gasteiger partial charge in [-0.1, -0.05) is 18.2 Å². The van der Waals surface area contributed by atoms with Gasteiger partial charge in [-0.2, -0.15) is 0 Å². The molecule has 3 heteroatoms. The van der Waals surface area contributed by atoms with Gasteiger partial charge < -0.3 is 5.32 Å². The minimum atomic E-state index is -1.47. The molecule has 0 spiro atoms. The molecule has 0 unspecified atom stereocenters. The standard InChI is InChI=1S/C9H10FNO/c1-7(10)9(12)11-8-5-3-2-4-6-8/h2-7H,1H3,(H,11,12)/t7-/m1/s1. The van der Waals surface area contributed by atoms with Gasteiger partial charge in [0.25, 0.3) is 5.91 Å². The third-order valence-corrected chi connectivity index (χ3v) is 1.40. The molecule has 12 heavy (non-hydrogen) atoms. The molecular formula is C9H10FNO. The van der Waals surface area contributed by atoms with Crippen LogP contribution in [0, 0.1) is 0 Å². The second-order valence-electron chi connectivity index (χ2n) is 2.47. The van der Waals surface area contributed by atoms with Crippen LogP contribution in [0.2, 0.25) is 0 Å². The van der Waals surface area contributed by atoms with Crippen molar-refractivity contribution in [3.63, 3.8) is 0 Å². The van der Waals surface area contributed by atoms with Crippen LogP contribution >= 0.6 is 0 Å². The smallest absolute Gasteiger partial charge is 0.258 e. The van der Waals surface area contributed by atoms with Gasteiger partial charge in [0.05, 0.1) is 0 Å². The Hall–Kier alpha value is -1.38. The molecule has 0 aliphatic rings. The van der Waals surface area contributed by atoms with E-state index in [-0.39, 0.29) is 0 Å². The maximum Gasteiger partial charge on any atom is 0.258 e. The number of halogens is 1. The van der Waals surface area contributed by atoms with E-state index in [1.54, 1.807) is 24.3 Å². The molecule has 64 valence electrons. The molecule has 1 amide bonds. The third-order valence-electron chi connectivity index (χ3n) is 1.40. The number of anilines is 1. The summed E-state index contributed by atoms with van der Waals surface area (Å²) >= 11 is 0. The Labute approximate surface area is 70.4 Å². The first-order chi connectivity index (χ1) is 5.70. The van der Waals surface area contributed by atoms with E-state index in [2.05, 4.69) is 5.32 Å². The normalized spacial score (nSPS) is 12.2. The van der Waals surface area contributed by atoms with E-state index >= 15 is 0 Å². The predicted octanol–water partition coefficient (Wildman–Crippen LogP) is 1.98. The summed E-state index contributed by atoms with van der Waals surface area (Å²) in [4.78, 5) is 10.8. The number of hydrogen-bond acceptors (Lipinski definition) is 1. The summed E-state index contributed by atoms with van der Waals surface area (Å²) in [5.41, 5.74) is 0.618. The average Bonchev–Trinajstić information content (AvgIpc) is 2.06. The highest BCUT2D eigenvalue weighted by Gasteiger charge is 2.09. The van der Waals surface area contributed by atoms with E-state index in [1.807, 2.05) is 6.07 Å². The van der Waals surface area contributed by atoms with Gasteiger partial charge >= 0.3 is 0 Å². The maximum absolute atomic E-state index is 12.4. The fourth-order valence-corrected chi connectivity index (χ4v) is 0.763. The molecular weight excluding hydrogens is 157 g/mol. The molecule has 0 aromatic heterocycles. The lowest BCUT2D eigenvalue weighted by Crippen LogP contribution is -2.20. The molecule has 0 aliphatic carbocycles. The summed E-state index contributed by atoms with van der Waals surface area (Å²) in [5.74, 6) is -0.610. The van der Waals surface area contributed by atoms with Crippen LogP contribution in [0.4, 0.5) is 10.1 Å². The number of carbonyl (C=O) groups is 1. The highest BCUT2D eigenvalue weighted by atomic mass is 19.1. The molecule has 0 heterocycles. The molecule has 0 fully saturated rings. The SMILES string of the molecule is C[C@@H](F)C(=O)Nc1ccccc1. The van der Waals surface area contributed by atoms with Crippen molar-refractivity contribution in [3.05, 3.63) is 30.3 Å². The van der Waals surface area contributed by atoms with E-state index in [4.69, 9.17) is 0 Å². The summed E-state index contributed by atoms with van der Waals surface area (Å²) in [5, 5.41) is 2.43. The van der Waals surface area contributed by atoms with Gasteiger partial charge in [0.1, 0.15) is 0 Å². The topological polar surface area (TPSA) is 29.1 Å². The maximum atomic E-state index is 12.4. The number of carbonyl (C=O) groups excluding carboxylic acids is 1. The number of hydrogen-bond donors (Lipinski definition) is 1. The van der Waals surface area contributed by atoms with Crippen molar-refractivity contribution in [3.8, 4) is 0 Å². The molecule has 0 aliphatic heterocycles. The first kappa shape index (κ1) is 8.71. The van der Waals surface area contributed by atoms with E-state index in [0.29, 0.717) is 5.69 Å². The fraction of sp³-hybridized carbons (Fsp3) is 0.222. The quantitative estimate of drug-likeness (QED) is 0.717. The van der Waals surface area contributed by atoms with Crippen molar-refractivity contribution < 1.29 is 9.18 Å². The van der Waals surface area contributed by atoms with Gasteiger partial charge in [-0.15, -0.1) is 0 Å². The van der Waals surface area contributed by atoms with Crippen LogP contribution < -0.4 is 5.32 Å². The summed E-state index contributed by atoms with van der Waals surface area (Å²) in [7, 11) is 0. The zero-order chi connectivity index (χ0) is 8.97. The largest absolute Gasteiger partial charge is 0.324 e. The highest BCUT2D eigenvalue weighted by molar-refractivity contribution is 5.93. The van der Waals surface area contributed by atoms with Gasteiger partial charge in [0.15, 0.2) is 6.17 Å². The van der Waals surface area contributed by atoms with Crippen molar-refractivity contribution in [1.82, 2.24) is 0 Å². The van der Waals surface area contributed by atoms with Crippen LogP contribution in [0.25, 0.3) is 0 Å². The highest BCUT2D eigenvalue weighted by Crippen LogP contribution is 2.05. The van der Waals surface area contributed by atoms with Gasteiger partial charge in [-0.05, 0) is 19.1 Å². The zero-order valence-electron chi connectivity index (χ0n) is 6.75. The van der Waals surface area contributed by atoms with Crippen LogP contribution in [0.5, 0.6) is 0 Å². The second-order valence-corrected chi connectivity index (χ2v) is 2.47. The molecule has 0 bridgehead atoms. The van der Waals surface area contributed by atoms with Crippen LogP contribution in [-0.2, 0) is 4.79 Å². The minimum absolute atomic E-state index is 0.610. The summed E-state index contributed by atoms with van der Waals surface area (Å²) in [6, 6.07) is 8.80. The Kier molecular flexibility index (Phi) is 2.80. The van der Waals surface area contributed by atoms with E-state index < -0.39 is 12.1 Å². The van der Waals surface area contributed by atoms with Gasteiger partial charge in [0, 0.05) is 5.69 Å². The minimum Gasteiger partial charge on any atom is -0.324 e. The summed E-state index contributed by atoms with van der Waals surface area (Å²) in [6.07, 6.45) is -1.47. The first-order valence-electron chi connectivity index (χ1n) is 3.70. The van der Waals surface area contributed by atoms with Crippen molar-refractivity contribution in [2.24, 2.45) is 0 Å². The molecule has 1 aromatic carbocycles. The number of nitrogens with one attached hydrogen (secondary N) is 1. The van der Waals surface area contributed by atoms with Crippen molar-refractivity contribution in [2.75, 3.05) is 5.32 Å². The average molecular weight is 167 g/mol. The molecule has 0 saturated heterocycles. The van der Waals surface area contributed by atoms with Crippen molar-refractivity contribution in [2.45, 2.75) is 13.1 Å². The number of rotatable bonds is 2. The van der Waals surface area contributed by atoms with Crippen molar-refractivity contribution in [1.29, 1.82) is 0 Å². The predicted molar refractivity (Wildman–Crippen MR) is 45.6 cm³/mol. The lowest BCUT2D eigenvalue weighted by molar-refractivity contribution is -0.120.